The van der Waals surface area contributed by atoms with Crippen molar-refractivity contribution in [3.8, 4) is 5.75 Å². The minimum atomic E-state index is -4.22. The summed E-state index contributed by atoms with van der Waals surface area (Å²) < 4.78 is 44.5. The molecule has 0 unspecified atom stereocenters. The van der Waals surface area contributed by atoms with Gasteiger partial charge in [-0.25, -0.2) is 4.57 Å². The maximum Gasteiger partial charge on any atom is 0.530 e. The number of ether oxygens (including phenoxy) is 1. The minimum absolute atomic E-state index is 0.0187. The van der Waals surface area contributed by atoms with Gasteiger partial charge in [0.1, 0.15) is 11.4 Å². The first-order valence-electron chi connectivity index (χ1n) is 17.7. The van der Waals surface area contributed by atoms with E-state index in [4.69, 9.17) is 22.7 Å². The highest BCUT2D eigenvalue weighted by Crippen LogP contribution is 2.54. The fourth-order valence-electron chi connectivity index (χ4n) is 5.21. The zero-order valence-electron chi connectivity index (χ0n) is 33.5. The Hall–Kier alpha value is -2.49. The molecule has 0 aliphatic rings. The van der Waals surface area contributed by atoms with E-state index in [9.17, 15) is 14.2 Å². The quantitative estimate of drug-likeness (QED) is 0.103. The summed E-state index contributed by atoms with van der Waals surface area (Å²) in [6.07, 6.45) is -0.592. The monoisotopic (exact) mass is 733 g/mol. The number of carbonyl (C=O) groups is 2. The zero-order valence-corrected chi connectivity index (χ0v) is 35.4. The van der Waals surface area contributed by atoms with Crippen LogP contribution >= 0.6 is 7.82 Å². The molecule has 2 rings (SSSR count). The average molecular weight is 734 g/mol. The first kappa shape index (κ1) is 43.7. The molecule has 0 atom stereocenters. The van der Waals surface area contributed by atoms with Crippen molar-refractivity contribution in [1.29, 1.82) is 0 Å². The number of phosphoric ester groups is 1. The largest absolute Gasteiger partial charge is 0.530 e. The maximum absolute atomic E-state index is 14.3. The molecule has 282 valence electrons. The topological polar surface area (TPSA) is 109 Å². The smallest absolute Gasteiger partial charge is 0.460 e. The molecule has 0 saturated carbocycles. The molecular weight excluding hydrogens is 669 g/mol. The molecule has 0 bridgehead atoms. The Balaban J connectivity index is 2.84. The fourth-order valence-corrected chi connectivity index (χ4v) is 7.81. The number of benzene rings is 2. The van der Waals surface area contributed by atoms with Gasteiger partial charge in [0.2, 0.25) is 0 Å². The Bertz CT molecular complexity index is 1490. The van der Waals surface area contributed by atoms with E-state index in [1.807, 2.05) is 58.0 Å². The molecule has 0 aromatic heterocycles. The summed E-state index contributed by atoms with van der Waals surface area (Å²) in [7, 11) is -6.30. The SMILES string of the molecule is CC(C)OP(=O)(Oc1cc(C(=O)NC(C)(C)c2ccccc2)cc(CC(=O)OC(C)(C)C)c1C(C)(C)CCO[Si](C)(C)C(C)(C)C)OC(C)C. The Morgan fingerprint density at radius 3 is 1.86 bits per heavy atom. The van der Waals surface area contributed by atoms with Crippen LogP contribution in [0.4, 0.5) is 0 Å². The van der Waals surface area contributed by atoms with Gasteiger partial charge in [0.05, 0.1) is 24.2 Å². The van der Waals surface area contributed by atoms with Gasteiger partial charge in [0.15, 0.2) is 8.32 Å². The van der Waals surface area contributed by atoms with E-state index in [0.29, 0.717) is 24.2 Å². The van der Waals surface area contributed by atoms with Gasteiger partial charge in [0, 0.05) is 17.7 Å². The second kappa shape index (κ2) is 16.5. The van der Waals surface area contributed by atoms with Crippen molar-refractivity contribution >= 4 is 28.0 Å². The van der Waals surface area contributed by atoms with Crippen LogP contribution in [0.2, 0.25) is 18.1 Å². The third-order valence-corrected chi connectivity index (χ3v) is 15.0. The van der Waals surface area contributed by atoms with E-state index in [1.165, 1.54) is 0 Å². The number of hydrogen-bond acceptors (Lipinski definition) is 8. The minimum Gasteiger partial charge on any atom is -0.460 e. The lowest BCUT2D eigenvalue weighted by molar-refractivity contribution is -0.153. The van der Waals surface area contributed by atoms with E-state index < -0.39 is 56.8 Å². The predicted octanol–water partition coefficient (Wildman–Crippen LogP) is 10.3. The molecule has 0 fully saturated rings. The molecular formula is C39H64NO8PSi. The molecule has 11 heteroatoms. The summed E-state index contributed by atoms with van der Waals surface area (Å²) in [6, 6.07) is 12.9. The molecule has 0 radical (unpaired) electrons. The Morgan fingerprint density at radius 1 is 0.840 bits per heavy atom. The zero-order chi connectivity index (χ0) is 38.5. The number of amides is 1. The highest BCUT2D eigenvalue weighted by molar-refractivity contribution is 7.49. The third kappa shape index (κ3) is 12.9. The van der Waals surface area contributed by atoms with Crippen LogP contribution in [0, 0.1) is 0 Å². The molecule has 2 aromatic rings. The van der Waals surface area contributed by atoms with Gasteiger partial charge in [0.25, 0.3) is 5.91 Å². The van der Waals surface area contributed by atoms with E-state index in [-0.39, 0.29) is 22.8 Å². The molecule has 0 heterocycles. The highest BCUT2D eigenvalue weighted by atomic mass is 31.2. The van der Waals surface area contributed by atoms with Gasteiger partial charge < -0.3 is 19.0 Å². The van der Waals surface area contributed by atoms with E-state index in [1.54, 1.807) is 60.6 Å². The Kier molecular flexibility index (Phi) is 14.4. The van der Waals surface area contributed by atoms with Gasteiger partial charge in [-0.2, -0.15) is 0 Å². The van der Waals surface area contributed by atoms with E-state index in [2.05, 4.69) is 39.2 Å². The number of esters is 1. The summed E-state index contributed by atoms with van der Waals surface area (Å²) in [6.45, 7) is 31.7. The van der Waals surface area contributed by atoms with Crippen molar-refractivity contribution in [2.75, 3.05) is 6.61 Å². The Morgan fingerprint density at radius 2 is 1.38 bits per heavy atom. The number of hydrogen-bond donors (Lipinski definition) is 1. The average Bonchev–Trinajstić information content (AvgIpc) is 2.89. The molecule has 9 nitrogen and oxygen atoms in total. The van der Waals surface area contributed by atoms with Crippen LogP contribution in [0.3, 0.4) is 0 Å². The number of phosphoric acid groups is 1. The van der Waals surface area contributed by atoms with Gasteiger partial charge in [-0.15, -0.1) is 0 Å². The molecule has 0 spiro atoms. The lowest BCUT2D eigenvalue weighted by atomic mass is 9.77. The molecule has 2 aromatic carbocycles. The standard InChI is InChI=1S/C39H64NO8PSi/c1-27(2)46-49(43,47-28(3)4)48-32-25-30(35(42)40-39(13,14)31-20-18-17-19-21-31)24-29(26-33(41)45-36(5,6)7)34(32)38(11,12)22-23-44-50(15,16)37(8,9)10/h17-21,24-25,27-28H,22-23,26H2,1-16H3,(H,40,42). The fraction of sp³-hybridized carbons (Fsp3) is 0.641. The van der Waals surface area contributed by atoms with Gasteiger partial charge in [-0.1, -0.05) is 65.0 Å². The summed E-state index contributed by atoms with van der Waals surface area (Å²) in [5.41, 5.74) is 0.0926. The van der Waals surface area contributed by atoms with Gasteiger partial charge in [-0.05, 0) is 116 Å². The van der Waals surface area contributed by atoms with Crippen molar-refractivity contribution in [2.24, 2.45) is 0 Å². The van der Waals surface area contributed by atoms with Gasteiger partial charge in [-0.3, -0.25) is 18.6 Å². The molecule has 0 aliphatic carbocycles. The van der Waals surface area contributed by atoms with Gasteiger partial charge >= 0.3 is 13.8 Å². The number of carbonyl (C=O) groups excluding carboxylic acids is 2. The van der Waals surface area contributed by atoms with Crippen LogP contribution < -0.4 is 9.84 Å². The summed E-state index contributed by atoms with van der Waals surface area (Å²) in [4.78, 5) is 27.5. The lowest BCUT2D eigenvalue weighted by Gasteiger charge is -2.38. The van der Waals surface area contributed by atoms with E-state index >= 15 is 0 Å². The maximum atomic E-state index is 14.3. The van der Waals surface area contributed by atoms with Crippen molar-refractivity contribution in [3.63, 3.8) is 0 Å². The Labute approximate surface area is 303 Å². The van der Waals surface area contributed by atoms with Crippen molar-refractivity contribution in [2.45, 2.75) is 157 Å². The molecule has 1 N–H and O–H groups in total. The van der Waals surface area contributed by atoms with Crippen LogP contribution in [0.15, 0.2) is 42.5 Å². The molecule has 1 amide bonds. The summed E-state index contributed by atoms with van der Waals surface area (Å²) in [5.74, 6) is -0.736. The van der Waals surface area contributed by atoms with Crippen molar-refractivity contribution < 1.29 is 36.9 Å². The third-order valence-electron chi connectivity index (χ3n) is 8.69. The summed E-state index contributed by atoms with van der Waals surface area (Å²) in [5, 5.41) is 3.15. The van der Waals surface area contributed by atoms with Crippen LogP contribution in [-0.4, -0.2) is 44.6 Å². The molecule has 0 saturated heterocycles. The van der Waals surface area contributed by atoms with Crippen LogP contribution in [0.25, 0.3) is 0 Å². The number of rotatable bonds is 16. The first-order valence-corrected chi connectivity index (χ1v) is 22.0. The molecule has 50 heavy (non-hydrogen) atoms. The van der Waals surface area contributed by atoms with E-state index in [0.717, 1.165) is 5.56 Å². The van der Waals surface area contributed by atoms with Crippen LogP contribution in [0.1, 0.15) is 130 Å². The predicted molar refractivity (Wildman–Crippen MR) is 204 cm³/mol. The normalized spacial score (nSPS) is 13.5. The first-order chi connectivity index (χ1) is 22.6. The second-order valence-electron chi connectivity index (χ2n) is 17.3. The lowest BCUT2D eigenvalue weighted by Crippen LogP contribution is -2.42. The van der Waals surface area contributed by atoms with Crippen LogP contribution in [-0.2, 0) is 44.9 Å². The van der Waals surface area contributed by atoms with Crippen molar-refractivity contribution in [1.82, 2.24) is 5.32 Å². The second-order valence-corrected chi connectivity index (χ2v) is 23.6. The van der Waals surface area contributed by atoms with Crippen LogP contribution in [0.5, 0.6) is 5.75 Å². The van der Waals surface area contributed by atoms with Crippen molar-refractivity contribution in [3.05, 3.63) is 64.7 Å². The number of nitrogens with one attached hydrogen (secondary N) is 1. The molecule has 0 aliphatic heterocycles. The highest BCUT2D eigenvalue weighted by Gasteiger charge is 2.40. The summed E-state index contributed by atoms with van der Waals surface area (Å²) >= 11 is 0.